The van der Waals surface area contributed by atoms with E-state index < -0.39 is 15.4 Å². The molecule has 34 heavy (non-hydrogen) atoms. The molecular weight excluding hydrogens is 470 g/mol. The zero-order valence-corrected chi connectivity index (χ0v) is 21.0. The number of nitrogens with zero attached hydrogens (tertiary/aromatic N) is 2. The van der Waals surface area contributed by atoms with Crippen LogP contribution in [0.1, 0.15) is 51.4 Å². The van der Waals surface area contributed by atoms with Crippen molar-refractivity contribution in [3.63, 3.8) is 0 Å². The molecule has 8 heteroatoms. The molecule has 1 N–H and O–H groups in total. The van der Waals surface area contributed by atoms with E-state index in [9.17, 15) is 13.2 Å². The topological polar surface area (TPSA) is 69.7 Å². The smallest absolute Gasteiger partial charge is 0.240 e. The molecule has 2 aromatic rings. The zero-order valence-electron chi connectivity index (χ0n) is 19.4. The number of fused-ring (bicyclic) bond motifs is 1. The highest BCUT2D eigenvalue weighted by atomic mass is 35.5. The number of rotatable bonds is 5. The van der Waals surface area contributed by atoms with Crippen molar-refractivity contribution in [2.24, 2.45) is 5.41 Å². The van der Waals surface area contributed by atoms with Crippen LogP contribution in [0.2, 0.25) is 5.02 Å². The summed E-state index contributed by atoms with van der Waals surface area (Å²) in [4.78, 5) is 18.4. The number of benzene rings is 2. The Morgan fingerprint density at radius 3 is 2.38 bits per heavy atom. The Kier molecular flexibility index (Phi) is 5.67. The van der Waals surface area contributed by atoms with Gasteiger partial charge in [-0.1, -0.05) is 36.6 Å². The fourth-order valence-electron chi connectivity index (χ4n) is 6.58. The van der Waals surface area contributed by atoms with E-state index in [-0.39, 0.29) is 16.8 Å². The molecule has 2 aromatic carbocycles. The molecule has 2 aliphatic carbocycles. The average molecular weight is 502 g/mol. The maximum Gasteiger partial charge on any atom is 0.240 e. The van der Waals surface area contributed by atoms with E-state index in [0.717, 1.165) is 55.7 Å². The van der Waals surface area contributed by atoms with Gasteiger partial charge < -0.3 is 9.80 Å². The first-order valence-corrected chi connectivity index (χ1v) is 14.5. The van der Waals surface area contributed by atoms with Gasteiger partial charge in [-0.15, -0.1) is 0 Å². The number of likely N-dealkylation sites (tertiary alicyclic amines) is 2. The number of halogens is 1. The lowest BCUT2D eigenvalue weighted by Crippen LogP contribution is -2.48. The predicted octanol–water partition coefficient (Wildman–Crippen LogP) is 4.17. The number of sulfonamides is 1. The van der Waals surface area contributed by atoms with Gasteiger partial charge in [-0.3, -0.25) is 4.79 Å². The second kappa shape index (κ2) is 8.47. The molecule has 6 nitrogen and oxygen atoms in total. The third-order valence-electron chi connectivity index (χ3n) is 8.72. The Hall–Kier alpha value is -1.67. The number of carbonyl (C=O) groups excluding carboxylic acids is 1. The van der Waals surface area contributed by atoms with E-state index in [1.54, 1.807) is 24.3 Å². The summed E-state index contributed by atoms with van der Waals surface area (Å²) in [7, 11) is -3.71. The zero-order chi connectivity index (χ0) is 23.5. The minimum Gasteiger partial charge on any atom is -0.339 e. The van der Waals surface area contributed by atoms with Crippen molar-refractivity contribution in [2.75, 3.05) is 19.6 Å². The van der Waals surface area contributed by atoms with Gasteiger partial charge in [0.1, 0.15) is 0 Å². The van der Waals surface area contributed by atoms with Crippen LogP contribution in [0, 0.1) is 5.41 Å². The molecule has 1 unspecified atom stereocenters. The van der Waals surface area contributed by atoms with Crippen LogP contribution in [0.15, 0.2) is 41.3 Å². The molecule has 1 spiro atoms. The van der Waals surface area contributed by atoms with Gasteiger partial charge in [0, 0.05) is 42.8 Å². The minimum absolute atomic E-state index is 0.160. The third-order valence-corrected chi connectivity index (χ3v) is 10.4. The van der Waals surface area contributed by atoms with Crippen molar-refractivity contribution >= 4 is 38.3 Å². The number of nitrogens with one attached hydrogen (secondary N) is 1. The molecule has 4 fully saturated rings. The Labute approximate surface area is 206 Å². The molecule has 2 atom stereocenters. The van der Waals surface area contributed by atoms with Crippen molar-refractivity contribution in [1.29, 1.82) is 0 Å². The van der Waals surface area contributed by atoms with E-state index in [2.05, 4.69) is 14.5 Å². The first-order chi connectivity index (χ1) is 16.4. The maximum atomic E-state index is 13.4. The maximum absolute atomic E-state index is 13.4. The predicted molar refractivity (Wildman–Crippen MR) is 133 cm³/mol. The summed E-state index contributed by atoms with van der Waals surface area (Å²) in [5.74, 6) is 0.160. The van der Waals surface area contributed by atoms with Crippen LogP contribution < -0.4 is 4.72 Å². The molecule has 1 amide bonds. The Balaban J connectivity index is 1.10. The summed E-state index contributed by atoms with van der Waals surface area (Å²) >= 11 is 6.04. The number of hydrogen-bond donors (Lipinski definition) is 1. The summed E-state index contributed by atoms with van der Waals surface area (Å²) in [6.07, 6.45) is 8.77. The minimum atomic E-state index is -3.71. The van der Waals surface area contributed by atoms with Crippen molar-refractivity contribution in [2.45, 2.75) is 74.4 Å². The second-order valence-electron chi connectivity index (χ2n) is 10.6. The number of carbonyl (C=O) groups is 1. The highest BCUT2D eigenvalue weighted by Crippen LogP contribution is 2.55. The highest BCUT2D eigenvalue weighted by molar-refractivity contribution is 7.89. The Bertz CT molecular complexity index is 1220. The third kappa shape index (κ3) is 3.94. The van der Waals surface area contributed by atoms with Crippen LogP contribution in [-0.2, 0) is 14.8 Å². The largest absolute Gasteiger partial charge is 0.339 e. The summed E-state index contributed by atoms with van der Waals surface area (Å²) in [5.41, 5.74) is -0.542. The molecule has 4 aliphatic rings. The lowest BCUT2D eigenvalue weighted by atomic mass is 10.0. The van der Waals surface area contributed by atoms with Gasteiger partial charge in [0.05, 0.1) is 10.3 Å². The van der Waals surface area contributed by atoms with E-state index in [1.807, 2.05) is 12.1 Å². The van der Waals surface area contributed by atoms with E-state index in [4.69, 9.17) is 11.6 Å². The summed E-state index contributed by atoms with van der Waals surface area (Å²) in [6, 6.07) is 11.2. The Morgan fingerprint density at radius 2 is 1.62 bits per heavy atom. The summed E-state index contributed by atoms with van der Waals surface area (Å²) < 4.78 is 29.1. The van der Waals surface area contributed by atoms with Crippen molar-refractivity contribution in [1.82, 2.24) is 14.5 Å². The van der Waals surface area contributed by atoms with Crippen molar-refractivity contribution in [3.05, 3.63) is 41.4 Å². The lowest BCUT2D eigenvalue weighted by molar-refractivity contribution is -0.135. The van der Waals surface area contributed by atoms with Gasteiger partial charge in [-0.05, 0) is 73.6 Å². The first-order valence-electron chi connectivity index (χ1n) is 12.6. The lowest BCUT2D eigenvalue weighted by Gasteiger charge is -2.39. The van der Waals surface area contributed by atoms with E-state index in [0.29, 0.717) is 17.5 Å². The van der Waals surface area contributed by atoms with Gasteiger partial charge in [-0.25, -0.2) is 13.1 Å². The average Bonchev–Trinajstić information content (AvgIpc) is 3.14. The van der Waals surface area contributed by atoms with Gasteiger partial charge >= 0.3 is 0 Å². The van der Waals surface area contributed by atoms with Crippen molar-refractivity contribution in [3.8, 4) is 0 Å². The van der Waals surface area contributed by atoms with Gasteiger partial charge in [-0.2, -0.15) is 0 Å². The SMILES string of the molecule is O=C1N(C2CCN(C3CCCC3)CC2)CCC12C[C@@H]2NS(=O)(=O)c1ccc2cc(Cl)ccc2c1. The fraction of sp³-hybridized carbons (Fsp3) is 0.577. The summed E-state index contributed by atoms with van der Waals surface area (Å²) in [6.45, 7) is 2.91. The summed E-state index contributed by atoms with van der Waals surface area (Å²) in [5, 5.41) is 2.34. The normalized spacial score (nSPS) is 29.0. The van der Waals surface area contributed by atoms with E-state index in [1.165, 1.54) is 25.7 Å². The highest BCUT2D eigenvalue weighted by Gasteiger charge is 2.65. The van der Waals surface area contributed by atoms with Crippen LogP contribution in [0.4, 0.5) is 0 Å². The molecule has 2 saturated heterocycles. The second-order valence-corrected chi connectivity index (χ2v) is 12.8. The molecule has 0 radical (unpaired) electrons. The first kappa shape index (κ1) is 22.8. The quantitative estimate of drug-likeness (QED) is 0.667. The molecule has 0 bridgehead atoms. The van der Waals surface area contributed by atoms with E-state index >= 15 is 0 Å². The number of hydrogen-bond acceptors (Lipinski definition) is 4. The van der Waals surface area contributed by atoms with Crippen LogP contribution in [0.3, 0.4) is 0 Å². The van der Waals surface area contributed by atoms with Gasteiger partial charge in [0.15, 0.2) is 0 Å². The molecule has 182 valence electrons. The molecule has 2 saturated carbocycles. The fourth-order valence-corrected chi connectivity index (χ4v) is 8.11. The van der Waals surface area contributed by atoms with Gasteiger partial charge in [0.2, 0.25) is 15.9 Å². The molecule has 2 heterocycles. The van der Waals surface area contributed by atoms with Crippen LogP contribution in [0.25, 0.3) is 10.8 Å². The molecule has 0 aromatic heterocycles. The van der Waals surface area contributed by atoms with Crippen molar-refractivity contribution < 1.29 is 13.2 Å². The molecule has 6 rings (SSSR count). The van der Waals surface area contributed by atoms with Crippen LogP contribution in [0.5, 0.6) is 0 Å². The number of amides is 1. The standard InChI is InChI=1S/C26H32ClN3O3S/c27-20-7-5-19-16-23(8-6-18(19)15-20)34(32,33)28-24-17-26(24)11-14-30(25(26)31)22-9-12-29(13-10-22)21-3-1-2-4-21/h5-8,15-16,21-22,24,28H,1-4,9-14,17H2/t24-,26?/m0/s1. The number of piperidine rings is 1. The Morgan fingerprint density at radius 1 is 0.912 bits per heavy atom. The van der Waals surface area contributed by atoms with Gasteiger partial charge in [0.25, 0.3) is 0 Å². The van der Waals surface area contributed by atoms with Crippen LogP contribution >= 0.6 is 11.6 Å². The van der Waals surface area contributed by atoms with Crippen LogP contribution in [-0.4, -0.2) is 61.9 Å². The monoisotopic (exact) mass is 501 g/mol. The molecule has 2 aliphatic heterocycles. The molecular formula is C26H32ClN3O3S.